The van der Waals surface area contributed by atoms with Crippen LogP contribution in [0.4, 0.5) is 4.39 Å². The number of carbonyl (C=O) groups is 1. The number of nitrogens with one attached hydrogen (secondary N) is 1. The molecule has 1 amide bonds. The zero-order valence-electron chi connectivity index (χ0n) is 11.3. The second-order valence-corrected chi connectivity index (χ2v) is 4.61. The van der Waals surface area contributed by atoms with Gasteiger partial charge in [0.2, 0.25) is 0 Å². The normalized spacial score (nSPS) is 10.3. The average molecular weight is 272 g/mol. The molecule has 3 N–H and O–H groups in total. The molecule has 0 saturated carbocycles. The van der Waals surface area contributed by atoms with Crippen molar-refractivity contribution in [2.45, 2.75) is 20.0 Å². The lowest BCUT2D eigenvalue weighted by molar-refractivity contribution is 0.0950. The Kier molecular flexibility index (Phi) is 4.48. The van der Waals surface area contributed by atoms with Crippen molar-refractivity contribution < 1.29 is 9.18 Å². The van der Waals surface area contributed by atoms with Gasteiger partial charge in [-0.05, 0) is 41.8 Å². The van der Waals surface area contributed by atoms with Gasteiger partial charge in [0.15, 0.2) is 0 Å². The molecule has 0 radical (unpaired) electrons. The van der Waals surface area contributed by atoms with Crippen molar-refractivity contribution in [3.05, 3.63) is 70.5 Å². The van der Waals surface area contributed by atoms with E-state index in [-0.39, 0.29) is 11.7 Å². The highest BCUT2D eigenvalue weighted by molar-refractivity contribution is 5.95. The zero-order chi connectivity index (χ0) is 14.5. The maximum atomic E-state index is 13.0. The van der Waals surface area contributed by atoms with Gasteiger partial charge in [-0.2, -0.15) is 0 Å². The predicted molar refractivity (Wildman–Crippen MR) is 76.6 cm³/mol. The minimum absolute atomic E-state index is 0.214. The minimum Gasteiger partial charge on any atom is -0.348 e. The van der Waals surface area contributed by atoms with Gasteiger partial charge in [-0.15, -0.1) is 0 Å². The molecule has 2 aromatic rings. The molecule has 0 aliphatic heterocycles. The van der Waals surface area contributed by atoms with E-state index in [0.29, 0.717) is 24.2 Å². The van der Waals surface area contributed by atoms with E-state index in [1.807, 2.05) is 24.3 Å². The number of benzene rings is 2. The fourth-order valence-corrected chi connectivity index (χ4v) is 2.08. The first-order chi connectivity index (χ1) is 9.61. The Morgan fingerprint density at radius 2 is 1.90 bits per heavy atom. The maximum absolute atomic E-state index is 13.0. The number of aryl methyl sites for hydroxylation is 1. The lowest BCUT2D eigenvalue weighted by atomic mass is 10.1. The standard InChI is InChI=1S/C16H17FN2O/c1-11-8-14(17)6-7-15(11)16(20)19-10-13-5-3-2-4-12(13)9-18/h2-8H,9-10,18H2,1H3,(H,19,20). The molecule has 0 aliphatic rings. The highest BCUT2D eigenvalue weighted by Gasteiger charge is 2.10. The summed E-state index contributed by atoms with van der Waals surface area (Å²) in [5.74, 6) is -0.554. The van der Waals surface area contributed by atoms with E-state index in [2.05, 4.69) is 5.32 Å². The first-order valence-corrected chi connectivity index (χ1v) is 6.43. The van der Waals surface area contributed by atoms with Crippen molar-refractivity contribution in [2.75, 3.05) is 0 Å². The molecule has 3 nitrogen and oxygen atoms in total. The summed E-state index contributed by atoms with van der Waals surface area (Å²) in [6.07, 6.45) is 0. The van der Waals surface area contributed by atoms with Gasteiger partial charge in [-0.3, -0.25) is 4.79 Å². The van der Waals surface area contributed by atoms with Crippen LogP contribution in [0.15, 0.2) is 42.5 Å². The Labute approximate surface area is 117 Å². The van der Waals surface area contributed by atoms with Gasteiger partial charge >= 0.3 is 0 Å². The minimum atomic E-state index is -0.340. The molecule has 0 bridgehead atoms. The van der Waals surface area contributed by atoms with E-state index in [4.69, 9.17) is 5.73 Å². The molecule has 104 valence electrons. The van der Waals surface area contributed by atoms with Crippen LogP contribution in [0, 0.1) is 12.7 Å². The number of halogens is 1. The smallest absolute Gasteiger partial charge is 0.251 e. The molecule has 0 saturated heterocycles. The van der Waals surface area contributed by atoms with Crippen LogP contribution in [0.25, 0.3) is 0 Å². The second kappa shape index (κ2) is 6.30. The summed E-state index contributed by atoms with van der Waals surface area (Å²) >= 11 is 0. The number of rotatable bonds is 4. The predicted octanol–water partition coefficient (Wildman–Crippen LogP) is 2.52. The summed E-state index contributed by atoms with van der Waals surface area (Å²) in [6, 6.07) is 11.8. The number of carbonyl (C=O) groups excluding carboxylic acids is 1. The van der Waals surface area contributed by atoms with E-state index in [1.54, 1.807) is 6.92 Å². The molecule has 0 spiro atoms. The van der Waals surface area contributed by atoms with Crippen LogP contribution in [0.3, 0.4) is 0 Å². The van der Waals surface area contributed by atoms with Crippen LogP contribution < -0.4 is 11.1 Å². The molecular weight excluding hydrogens is 255 g/mol. The fraction of sp³-hybridized carbons (Fsp3) is 0.188. The largest absolute Gasteiger partial charge is 0.348 e. The third kappa shape index (κ3) is 3.22. The highest BCUT2D eigenvalue weighted by Crippen LogP contribution is 2.11. The Morgan fingerprint density at radius 1 is 1.20 bits per heavy atom. The molecule has 4 heteroatoms. The van der Waals surface area contributed by atoms with E-state index in [0.717, 1.165) is 11.1 Å². The van der Waals surface area contributed by atoms with Gasteiger partial charge < -0.3 is 11.1 Å². The summed E-state index contributed by atoms with van der Waals surface area (Å²) < 4.78 is 13.0. The monoisotopic (exact) mass is 272 g/mol. The van der Waals surface area contributed by atoms with Gasteiger partial charge in [0.25, 0.3) is 5.91 Å². The summed E-state index contributed by atoms with van der Waals surface area (Å²) in [5.41, 5.74) is 8.75. The molecular formula is C16H17FN2O. The van der Waals surface area contributed by atoms with Crippen LogP contribution in [0.2, 0.25) is 0 Å². The van der Waals surface area contributed by atoms with Gasteiger partial charge in [-0.1, -0.05) is 24.3 Å². The molecule has 0 aromatic heterocycles. The Bertz CT molecular complexity index is 626. The number of amides is 1. The van der Waals surface area contributed by atoms with Crippen LogP contribution in [0.1, 0.15) is 27.0 Å². The van der Waals surface area contributed by atoms with E-state index in [1.165, 1.54) is 18.2 Å². The maximum Gasteiger partial charge on any atom is 0.251 e. The van der Waals surface area contributed by atoms with Crippen LogP contribution in [-0.2, 0) is 13.1 Å². The summed E-state index contributed by atoms with van der Waals surface area (Å²) in [6.45, 7) is 2.55. The number of nitrogens with two attached hydrogens (primary N) is 1. The van der Waals surface area contributed by atoms with Gasteiger partial charge in [0, 0.05) is 18.7 Å². The quantitative estimate of drug-likeness (QED) is 0.898. The molecule has 0 atom stereocenters. The first kappa shape index (κ1) is 14.2. The van der Waals surface area contributed by atoms with Crippen molar-refractivity contribution in [3.63, 3.8) is 0 Å². The Hall–Kier alpha value is -2.20. The third-order valence-electron chi connectivity index (χ3n) is 3.21. The SMILES string of the molecule is Cc1cc(F)ccc1C(=O)NCc1ccccc1CN. The average Bonchev–Trinajstić information content (AvgIpc) is 2.45. The van der Waals surface area contributed by atoms with Crippen molar-refractivity contribution >= 4 is 5.91 Å². The molecule has 0 fully saturated rings. The number of hydrogen-bond acceptors (Lipinski definition) is 2. The zero-order valence-corrected chi connectivity index (χ0v) is 11.3. The van der Waals surface area contributed by atoms with Crippen molar-refractivity contribution in [3.8, 4) is 0 Å². The molecule has 0 heterocycles. The Balaban J connectivity index is 2.09. The van der Waals surface area contributed by atoms with Crippen molar-refractivity contribution in [2.24, 2.45) is 5.73 Å². The highest BCUT2D eigenvalue weighted by atomic mass is 19.1. The lowest BCUT2D eigenvalue weighted by Crippen LogP contribution is -2.24. The van der Waals surface area contributed by atoms with E-state index >= 15 is 0 Å². The molecule has 0 aliphatic carbocycles. The van der Waals surface area contributed by atoms with Gasteiger partial charge in [0.05, 0.1) is 0 Å². The van der Waals surface area contributed by atoms with E-state index < -0.39 is 0 Å². The fourth-order valence-electron chi connectivity index (χ4n) is 2.08. The number of hydrogen-bond donors (Lipinski definition) is 2. The molecule has 0 unspecified atom stereocenters. The summed E-state index contributed by atoms with van der Waals surface area (Å²) in [4.78, 5) is 12.1. The van der Waals surface area contributed by atoms with Gasteiger partial charge in [0.1, 0.15) is 5.82 Å². The molecule has 2 rings (SSSR count). The lowest BCUT2D eigenvalue weighted by Gasteiger charge is -2.10. The van der Waals surface area contributed by atoms with E-state index in [9.17, 15) is 9.18 Å². The van der Waals surface area contributed by atoms with Crippen molar-refractivity contribution in [1.29, 1.82) is 0 Å². The topological polar surface area (TPSA) is 55.1 Å². The third-order valence-corrected chi connectivity index (χ3v) is 3.21. The van der Waals surface area contributed by atoms with Crippen LogP contribution in [-0.4, -0.2) is 5.91 Å². The second-order valence-electron chi connectivity index (χ2n) is 4.61. The first-order valence-electron chi connectivity index (χ1n) is 6.43. The van der Waals surface area contributed by atoms with Gasteiger partial charge in [-0.25, -0.2) is 4.39 Å². The summed E-state index contributed by atoms with van der Waals surface area (Å²) in [7, 11) is 0. The van der Waals surface area contributed by atoms with Crippen LogP contribution >= 0.6 is 0 Å². The van der Waals surface area contributed by atoms with Crippen LogP contribution in [0.5, 0.6) is 0 Å². The molecule has 20 heavy (non-hydrogen) atoms. The van der Waals surface area contributed by atoms with Crippen molar-refractivity contribution in [1.82, 2.24) is 5.32 Å². The summed E-state index contributed by atoms with van der Waals surface area (Å²) in [5, 5.41) is 2.83. The molecule has 2 aromatic carbocycles. The Morgan fingerprint density at radius 3 is 2.55 bits per heavy atom.